The molecule has 1 N–H and O–H groups in total. The predicted molar refractivity (Wildman–Crippen MR) is 86.5 cm³/mol. The zero-order valence-electron chi connectivity index (χ0n) is 12.7. The molecule has 0 aliphatic carbocycles. The minimum atomic E-state index is -0.0874. The molecule has 0 saturated carbocycles. The number of rotatable bonds is 6. The number of nitrogens with one attached hydrogen (secondary N) is 1. The molecule has 3 nitrogen and oxygen atoms in total. The van der Waals surface area contributed by atoms with Gasteiger partial charge in [0.25, 0.3) is 0 Å². The van der Waals surface area contributed by atoms with Gasteiger partial charge in [-0.3, -0.25) is 4.79 Å². The van der Waals surface area contributed by atoms with Gasteiger partial charge < -0.3 is 9.73 Å². The van der Waals surface area contributed by atoms with Crippen molar-refractivity contribution < 1.29 is 9.21 Å². The van der Waals surface area contributed by atoms with Crippen molar-refractivity contribution in [3.05, 3.63) is 53.5 Å². The van der Waals surface area contributed by atoms with E-state index in [0.29, 0.717) is 6.42 Å². The highest BCUT2D eigenvalue weighted by Crippen LogP contribution is 2.20. The van der Waals surface area contributed by atoms with E-state index in [2.05, 4.69) is 36.5 Å². The average Bonchev–Trinajstić information content (AvgIpc) is 2.88. The summed E-state index contributed by atoms with van der Waals surface area (Å²) in [6.45, 7) is 5.90. The number of thioether (sulfide) groups is 1. The average molecular weight is 303 g/mol. The molecule has 2 aromatic rings. The lowest BCUT2D eigenvalue weighted by molar-refractivity contribution is -0.121. The molecule has 1 heterocycles. The normalized spacial score (nSPS) is 12.1. The fraction of sp³-hybridized carbons (Fsp3) is 0.353. The van der Waals surface area contributed by atoms with Crippen LogP contribution >= 0.6 is 11.8 Å². The van der Waals surface area contributed by atoms with Crippen LogP contribution in [-0.2, 0) is 4.79 Å². The van der Waals surface area contributed by atoms with Gasteiger partial charge in [-0.25, -0.2) is 0 Å². The first-order valence-electron chi connectivity index (χ1n) is 7.10. The van der Waals surface area contributed by atoms with Crippen molar-refractivity contribution in [2.45, 2.75) is 38.1 Å². The number of hydrogen-bond donors (Lipinski definition) is 1. The maximum Gasteiger partial charge on any atom is 0.221 e. The number of amides is 1. The molecule has 4 heteroatoms. The molecule has 1 amide bonds. The van der Waals surface area contributed by atoms with Crippen molar-refractivity contribution in [1.82, 2.24) is 5.32 Å². The Hall–Kier alpha value is -1.68. The number of carbonyl (C=O) groups is 1. The fourth-order valence-corrected chi connectivity index (χ4v) is 2.82. The standard InChI is InChI=1S/C17H21NO2S/c1-12-4-7-15(8-5-12)21-11-10-17(19)18-14(3)16-9-6-13(2)20-16/h4-9,14H,10-11H2,1-3H3,(H,18,19). The van der Waals surface area contributed by atoms with Gasteiger partial charge in [0.05, 0.1) is 6.04 Å². The van der Waals surface area contributed by atoms with E-state index >= 15 is 0 Å². The minimum absolute atomic E-state index is 0.0520. The monoisotopic (exact) mass is 303 g/mol. The van der Waals surface area contributed by atoms with Crippen molar-refractivity contribution in [3.63, 3.8) is 0 Å². The van der Waals surface area contributed by atoms with Crippen molar-refractivity contribution in [2.24, 2.45) is 0 Å². The van der Waals surface area contributed by atoms with Gasteiger partial charge in [0.2, 0.25) is 5.91 Å². The van der Waals surface area contributed by atoms with Crippen LogP contribution < -0.4 is 5.32 Å². The molecule has 112 valence electrons. The Kier molecular flexibility index (Phi) is 5.51. The van der Waals surface area contributed by atoms with Crippen LogP contribution in [0.5, 0.6) is 0 Å². The third kappa shape index (κ3) is 4.97. The van der Waals surface area contributed by atoms with Crippen LogP contribution in [0.1, 0.15) is 36.5 Å². The highest BCUT2D eigenvalue weighted by molar-refractivity contribution is 7.99. The minimum Gasteiger partial charge on any atom is -0.464 e. The van der Waals surface area contributed by atoms with Crippen LogP contribution in [-0.4, -0.2) is 11.7 Å². The second kappa shape index (κ2) is 7.36. The van der Waals surface area contributed by atoms with Crippen LogP contribution in [0.3, 0.4) is 0 Å². The first kappa shape index (κ1) is 15.7. The first-order chi connectivity index (χ1) is 10.0. The van der Waals surface area contributed by atoms with E-state index in [4.69, 9.17) is 4.42 Å². The molecule has 2 rings (SSSR count). The van der Waals surface area contributed by atoms with Gasteiger partial charge in [-0.1, -0.05) is 17.7 Å². The summed E-state index contributed by atoms with van der Waals surface area (Å²) in [6, 6.07) is 12.1. The summed E-state index contributed by atoms with van der Waals surface area (Å²) in [5.41, 5.74) is 1.25. The number of benzene rings is 1. The molecule has 0 spiro atoms. The molecular weight excluding hydrogens is 282 g/mol. The van der Waals surface area contributed by atoms with Crippen LogP contribution in [0, 0.1) is 13.8 Å². The van der Waals surface area contributed by atoms with Crippen LogP contribution in [0.2, 0.25) is 0 Å². The Labute approximate surface area is 130 Å². The highest BCUT2D eigenvalue weighted by Gasteiger charge is 2.12. The van der Waals surface area contributed by atoms with Crippen molar-refractivity contribution >= 4 is 17.7 Å². The van der Waals surface area contributed by atoms with Gasteiger partial charge >= 0.3 is 0 Å². The Morgan fingerprint density at radius 2 is 1.90 bits per heavy atom. The molecule has 1 atom stereocenters. The number of furan rings is 1. The van der Waals surface area contributed by atoms with Crippen molar-refractivity contribution in [1.29, 1.82) is 0 Å². The first-order valence-corrected chi connectivity index (χ1v) is 8.08. The molecule has 21 heavy (non-hydrogen) atoms. The summed E-state index contributed by atoms with van der Waals surface area (Å²) < 4.78 is 5.51. The molecule has 1 unspecified atom stereocenters. The zero-order chi connectivity index (χ0) is 15.2. The maximum atomic E-state index is 11.9. The third-order valence-electron chi connectivity index (χ3n) is 3.18. The molecule has 0 bridgehead atoms. The van der Waals surface area contributed by atoms with Crippen LogP contribution in [0.4, 0.5) is 0 Å². The van der Waals surface area contributed by atoms with Crippen LogP contribution in [0.25, 0.3) is 0 Å². The van der Waals surface area contributed by atoms with Crippen LogP contribution in [0.15, 0.2) is 45.7 Å². The molecule has 0 fully saturated rings. The lowest BCUT2D eigenvalue weighted by Gasteiger charge is -2.11. The summed E-state index contributed by atoms with van der Waals surface area (Å²) in [4.78, 5) is 13.1. The van der Waals surface area contributed by atoms with E-state index < -0.39 is 0 Å². The summed E-state index contributed by atoms with van der Waals surface area (Å²) in [7, 11) is 0. The number of hydrogen-bond acceptors (Lipinski definition) is 3. The fourth-order valence-electron chi connectivity index (χ4n) is 1.97. The Morgan fingerprint density at radius 3 is 2.52 bits per heavy atom. The number of aryl methyl sites for hydroxylation is 2. The summed E-state index contributed by atoms with van der Waals surface area (Å²) in [6.07, 6.45) is 0.503. The van der Waals surface area contributed by atoms with Gasteiger partial charge in [-0.15, -0.1) is 11.8 Å². The maximum absolute atomic E-state index is 11.9. The SMILES string of the molecule is Cc1ccc(SCCC(=O)NC(C)c2ccc(C)o2)cc1. The lowest BCUT2D eigenvalue weighted by Crippen LogP contribution is -2.26. The Bertz CT molecular complexity index is 589. The molecule has 0 saturated heterocycles. The lowest BCUT2D eigenvalue weighted by atomic mass is 10.2. The van der Waals surface area contributed by atoms with Gasteiger partial charge in [0.15, 0.2) is 0 Å². The van der Waals surface area contributed by atoms with Gasteiger partial charge in [-0.2, -0.15) is 0 Å². The quantitative estimate of drug-likeness (QED) is 0.811. The Morgan fingerprint density at radius 1 is 1.19 bits per heavy atom. The van der Waals surface area contributed by atoms with Gasteiger partial charge in [-0.05, 0) is 45.0 Å². The predicted octanol–water partition coefficient (Wildman–Crippen LogP) is 4.26. The van der Waals surface area contributed by atoms with Crippen molar-refractivity contribution in [3.8, 4) is 0 Å². The van der Waals surface area contributed by atoms with Crippen molar-refractivity contribution in [2.75, 3.05) is 5.75 Å². The molecular formula is C17H21NO2S. The molecule has 0 aliphatic rings. The zero-order valence-corrected chi connectivity index (χ0v) is 13.5. The summed E-state index contributed by atoms with van der Waals surface area (Å²) in [5, 5.41) is 2.96. The topological polar surface area (TPSA) is 42.2 Å². The summed E-state index contributed by atoms with van der Waals surface area (Å²) in [5.74, 6) is 2.49. The summed E-state index contributed by atoms with van der Waals surface area (Å²) >= 11 is 1.70. The van der Waals surface area contributed by atoms with E-state index in [1.54, 1.807) is 11.8 Å². The smallest absolute Gasteiger partial charge is 0.221 e. The van der Waals surface area contributed by atoms with Gasteiger partial charge in [0.1, 0.15) is 11.5 Å². The Balaban J connectivity index is 1.73. The third-order valence-corrected chi connectivity index (χ3v) is 4.20. The molecule has 1 aromatic heterocycles. The second-order valence-corrected chi connectivity index (χ2v) is 6.32. The molecule has 1 aromatic carbocycles. The van der Waals surface area contributed by atoms with E-state index in [-0.39, 0.29) is 11.9 Å². The van der Waals surface area contributed by atoms with Gasteiger partial charge in [0, 0.05) is 17.1 Å². The van der Waals surface area contributed by atoms with E-state index in [9.17, 15) is 4.79 Å². The highest BCUT2D eigenvalue weighted by atomic mass is 32.2. The van der Waals surface area contributed by atoms with E-state index in [1.165, 1.54) is 10.5 Å². The molecule has 0 aliphatic heterocycles. The number of carbonyl (C=O) groups excluding carboxylic acids is 1. The second-order valence-electron chi connectivity index (χ2n) is 5.15. The molecule has 0 radical (unpaired) electrons. The van der Waals surface area contributed by atoms with E-state index in [1.807, 2.05) is 26.0 Å². The largest absolute Gasteiger partial charge is 0.464 e. The van der Waals surface area contributed by atoms with E-state index in [0.717, 1.165) is 17.3 Å².